The van der Waals surface area contributed by atoms with E-state index in [0.29, 0.717) is 26.2 Å². The van der Waals surface area contributed by atoms with E-state index in [1.54, 1.807) is 29.2 Å². The van der Waals surface area contributed by atoms with Crippen LogP contribution in [0.1, 0.15) is 49.2 Å². The summed E-state index contributed by atoms with van der Waals surface area (Å²) < 4.78 is 11.0. The number of nitrogens with zero attached hydrogens (tertiary/aromatic N) is 1. The molecule has 1 atom stereocenters. The van der Waals surface area contributed by atoms with E-state index < -0.39 is 11.6 Å². The van der Waals surface area contributed by atoms with E-state index >= 15 is 0 Å². The fourth-order valence-corrected chi connectivity index (χ4v) is 2.51. The summed E-state index contributed by atoms with van der Waals surface area (Å²) in [5.41, 5.74) is 0.538. The normalized spacial score (nSPS) is 19.1. The minimum atomic E-state index is -0.968. The molecule has 0 bridgehead atoms. The van der Waals surface area contributed by atoms with Crippen LogP contribution in [-0.2, 0) is 9.47 Å². The van der Waals surface area contributed by atoms with Crippen LogP contribution in [-0.4, -0.2) is 47.4 Å². The molecule has 0 spiro atoms. The van der Waals surface area contributed by atoms with Gasteiger partial charge in [-0.1, -0.05) is 12.1 Å². The minimum Gasteiger partial charge on any atom is -0.478 e. The second-order valence-corrected chi connectivity index (χ2v) is 6.52. The first-order chi connectivity index (χ1) is 10.8. The smallest absolute Gasteiger partial charge is 0.410 e. The first-order valence-corrected chi connectivity index (χ1v) is 7.68. The van der Waals surface area contributed by atoms with Crippen molar-refractivity contribution in [3.05, 3.63) is 35.4 Å². The number of ether oxygens (including phenoxy) is 2. The molecule has 1 aromatic rings. The molecule has 2 rings (SSSR count). The Bertz CT molecular complexity index is 561. The molecule has 1 aliphatic rings. The number of aromatic carboxylic acids is 1. The molecule has 0 unspecified atom stereocenters. The number of rotatable bonds is 2. The molecule has 0 aromatic heterocycles. The third-order valence-electron chi connectivity index (χ3n) is 3.56. The summed E-state index contributed by atoms with van der Waals surface area (Å²) in [6.07, 6.45) is 0.265. The predicted molar refractivity (Wildman–Crippen MR) is 84.5 cm³/mol. The Hall–Kier alpha value is -2.08. The van der Waals surface area contributed by atoms with Gasteiger partial charge in [-0.3, -0.25) is 4.90 Å². The molecule has 23 heavy (non-hydrogen) atoms. The molecular weight excluding hydrogens is 298 g/mol. The fourth-order valence-electron chi connectivity index (χ4n) is 2.51. The van der Waals surface area contributed by atoms with Gasteiger partial charge in [0, 0.05) is 13.2 Å². The highest BCUT2D eigenvalue weighted by Crippen LogP contribution is 2.28. The zero-order valence-corrected chi connectivity index (χ0v) is 13.7. The fraction of sp³-hybridized carbons (Fsp3) is 0.529. The number of hydrogen-bond acceptors (Lipinski definition) is 4. The summed E-state index contributed by atoms with van der Waals surface area (Å²) in [5.74, 6) is -0.968. The van der Waals surface area contributed by atoms with Crippen LogP contribution in [0, 0.1) is 0 Å². The van der Waals surface area contributed by atoms with Gasteiger partial charge < -0.3 is 14.6 Å². The molecule has 1 heterocycles. The quantitative estimate of drug-likeness (QED) is 0.906. The van der Waals surface area contributed by atoms with Crippen LogP contribution >= 0.6 is 0 Å². The van der Waals surface area contributed by atoms with Gasteiger partial charge in [0.25, 0.3) is 0 Å². The summed E-state index contributed by atoms with van der Waals surface area (Å²) in [6.45, 7) is 6.94. The van der Waals surface area contributed by atoms with E-state index in [4.69, 9.17) is 14.6 Å². The second kappa shape index (κ2) is 7.00. The van der Waals surface area contributed by atoms with Crippen molar-refractivity contribution in [3.63, 3.8) is 0 Å². The van der Waals surface area contributed by atoms with E-state index in [1.165, 1.54) is 0 Å². The molecule has 1 aromatic carbocycles. The average Bonchev–Trinajstić information content (AvgIpc) is 2.71. The van der Waals surface area contributed by atoms with Crippen molar-refractivity contribution in [2.45, 2.75) is 38.8 Å². The lowest BCUT2D eigenvalue weighted by molar-refractivity contribution is 0.0159. The molecule has 0 aliphatic carbocycles. The lowest BCUT2D eigenvalue weighted by Gasteiger charge is -2.32. The zero-order chi connectivity index (χ0) is 17.0. The predicted octanol–water partition coefficient (Wildman–Crippen LogP) is 3.08. The molecule has 1 N–H and O–H groups in total. The van der Waals surface area contributed by atoms with E-state index in [-0.39, 0.29) is 17.7 Å². The van der Waals surface area contributed by atoms with Crippen molar-refractivity contribution >= 4 is 12.1 Å². The molecule has 6 nitrogen and oxygen atoms in total. The lowest BCUT2D eigenvalue weighted by Crippen LogP contribution is -2.40. The van der Waals surface area contributed by atoms with Crippen molar-refractivity contribution in [3.8, 4) is 0 Å². The van der Waals surface area contributed by atoms with Crippen LogP contribution in [0.2, 0.25) is 0 Å². The molecule has 0 radical (unpaired) electrons. The number of hydrogen-bond donors (Lipinski definition) is 1. The maximum Gasteiger partial charge on any atom is 0.410 e. The molecule has 0 saturated carbocycles. The number of carbonyl (C=O) groups excluding carboxylic acids is 1. The van der Waals surface area contributed by atoms with Crippen molar-refractivity contribution < 1.29 is 24.2 Å². The summed E-state index contributed by atoms with van der Waals surface area (Å²) in [4.78, 5) is 25.1. The van der Waals surface area contributed by atoms with Crippen LogP contribution in [0.3, 0.4) is 0 Å². The zero-order valence-electron chi connectivity index (χ0n) is 13.7. The minimum absolute atomic E-state index is 0.185. The van der Waals surface area contributed by atoms with Crippen LogP contribution in [0.4, 0.5) is 4.79 Å². The van der Waals surface area contributed by atoms with Crippen molar-refractivity contribution in [1.82, 2.24) is 4.90 Å². The van der Waals surface area contributed by atoms with Gasteiger partial charge in [-0.15, -0.1) is 0 Å². The van der Waals surface area contributed by atoms with E-state index in [9.17, 15) is 9.59 Å². The maximum atomic E-state index is 12.5. The Kier molecular flexibility index (Phi) is 5.26. The van der Waals surface area contributed by atoms with Gasteiger partial charge in [0.1, 0.15) is 5.60 Å². The molecule has 1 aliphatic heterocycles. The number of carbonyl (C=O) groups is 2. The monoisotopic (exact) mass is 321 g/mol. The number of benzene rings is 1. The van der Waals surface area contributed by atoms with Gasteiger partial charge in [-0.05, 0) is 44.9 Å². The van der Waals surface area contributed by atoms with Crippen LogP contribution in [0.25, 0.3) is 0 Å². The Morgan fingerprint density at radius 2 is 1.87 bits per heavy atom. The topological polar surface area (TPSA) is 76.1 Å². The van der Waals surface area contributed by atoms with Crippen LogP contribution in [0.15, 0.2) is 24.3 Å². The summed E-state index contributed by atoms with van der Waals surface area (Å²) >= 11 is 0. The van der Waals surface area contributed by atoms with Gasteiger partial charge in [0.05, 0.1) is 18.2 Å². The third-order valence-corrected chi connectivity index (χ3v) is 3.56. The largest absolute Gasteiger partial charge is 0.478 e. The molecule has 1 fully saturated rings. The standard InChI is InChI=1S/C17H23NO5/c1-17(2,3)23-16(21)18-9-11-22-10-8-14(18)12-4-6-13(7-5-12)15(19)20/h4-7,14H,8-11H2,1-3H3,(H,19,20)/t14-/m0/s1. The number of amides is 1. The summed E-state index contributed by atoms with van der Waals surface area (Å²) in [5, 5.41) is 8.99. The lowest BCUT2D eigenvalue weighted by atomic mass is 10.0. The van der Waals surface area contributed by atoms with Gasteiger partial charge in [0.2, 0.25) is 0 Å². The Morgan fingerprint density at radius 1 is 1.22 bits per heavy atom. The van der Waals surface area contributed by atoms with Crippen molar-refractivity contribution in [2.75, 3.05) is 19.8 Å². The summed E-state index contributed by atoms with van der Waals surface area (Å²) in [6, 6.07) is 6.41. The van der Waals surface area contributed by atoms with E-state index in [2.05, 4.69) is 0 Å². The molecule has 1 amide bonds. The Labute approximate surface area is 136 Å². The van der Waals surface area contributed by atoms with Gasteiger partial charge >= 0.3 is 12.1 Å². The number of carboxylic acids is 1. The van der Waals surface area contributed by atoms with E-state index in [0.717, 1.165) is 5.56 Å². The van der Waals surface area contributed by atoms with Crippen LogP contribution < -0.4 is 0 Å². The molecule has 126 valence electrons. The SMILES string of the molecule is CC(C)(C)OC(=O)N1CCOCC[C@H]1c1ccc(C(=O)O)cc1. The van der Waals surface area contributed by atoms with Gasteiger partial charge in [-0.25, -0.2) is 9.59 Å². The highest BCUT2D eigenvalue weighted by molar-refractivity contribution is 5.87. The third kappa shape index (κ3) is 4.69. The molecule has 1 saturated heterocycles. The Morgan fingerprint density at radius 3 is 2.43 bits per heavy atom. The van der Waals surface area contributed by atoms with Crippen LogP contribution in [0.5, 0.6) is 0 Å². The average molecular weight is 321 g/mol. The maximum absolute atomic E-state index is 12.5. The molecular formula is C17H23NO5. The van der Waals surface area contributed by atoms with Gasteiger partial charge in [0.15, 0.2) is 0 Å². The second-order valence-electron chi connectivity index (χ2n) is 6.52. The highest BCUT2D eigenvalue weighted by atomic mass is 16.6. The van der Waals surface area contributed by atoms with Crippen molar-refractivity contribution in [1.29, 1.82) is 0 Å². The Balaban J connectivity index is 2.23. The van der Waals surface area contributed by atoms with E-state index in [1.807, 2.05) is 20.8 Å². The first kappa shape index (κ1) is 17.3. The molecule has 6 heteroatoms. The summed E-state index contributed by atoms with van der Waals surface area (Å²) in [7, 11) is 0. The van der Waals surface area contributed by atoms with Crippen molar-refractivity contribution in [2.24, 2.45) is 0 Å². The first-order valence-electron chi connectivity index (χ1n) is 7.68. The van der Waals surface area contributed by atoms with Gasteiger partial charge in [-0.2, -0.15) is 0 Å². The highest BCUT2D eigenvalue weighted by Gasteiger charge is 2.30. The number of carboxylic acid groups (broad SMARTS) is 1.